The van der Waals surface area contributed by atoms with Gasteiger partial charge in [0.25, 0.3) is 0 Å². The zero-order valence-electron chi connectivity index (χ0n) is 10.9. The average Bonchev–Trinajstić information content (AvgIpc) is 2.33. The molecule has 1 heterocycles. The Morgan fingerprint density at radius 1 is 1.35 bits per heavy atom. The SMILES string of the molecule is CN(C)CC1(c2ccccn2)CCC(N)CC1. The van der Waals surface area contributed by atoms with Crippen LogP contribution in [0.3, 0.4) is 0 Å². The van der Waals surface area contributed by atoms with Gasteiger partial charge in [0, 0.05) is 29.9 Å². The minimum atomic E-state index is 0.209. The standard InChI is InChI=1S/C14H23N3/c1-17(2)11-14(8-6-12(15)7-9-14)13-5-3-4-10-16-13/h3-5,10,12H,6-9,11,15H2,1-2H3. The van der Waals surface area contributed by atoms with Crippen molar-refractivity contribution >= 4 is 0 Å². The molecule has 0 aliphatic heterocycles. The summed E-state index contributed by atoms with van der Waals surface area (Å²) in [4.78, 5) is 6.85. The lowest BCUT2D eigenvalue weighted by Gasteiger charge is -2.40. The second kappa shape index (κ2) is 5.15. The number of hydrogen-bond donors (Lipinski definition) is 1. The van der Waals surface area contributed by atoms with Gasteiger partial charge in [-0.25, -0.2) is 0 Å². The minimum Gasteiger partial charge on any atom is -0.328 e. The first kappa shape index (κ1) is 12.5. The molecule has 1 saturated carbocycles. The van der Waals surface area contributed by atoms with Crippen LogP contribution in [0.15, 0.2) is 24.4 Å². The molecule has 17 heavy (non-hydrogen) atoms. The van der Waals surface area contributed by atoms with Crippen molar-refractivity contribution in [2.75, 3.05) is 20.6 Å². The Labute approximate surface area is 104 Å². The Morgan fingerprint density at radius 3 is 2.59 bits per heavy atom. The van der Waals surface area contributed by atoms with Crippen molar-refractivity contribution in [1.82, 2.24) is 9.88 Å². The quantitative estimate of drug-likeness (QED) is 0.865. The summed E-state index contributed by atoms with van der Waals surface area (Å²) in [6, 6.07) is 6.63. The van der Waals surface area contributed by atoms with Crippen molar-refractivity contribution in [3.05, 3.63) is 30.1 Å². The maximum atomic E-state index is 6.03. The number of hydrogen-bond acceptors (Lipinski definition) is 3. The van der Waals surface area contributed by atoms with E-state index in [-0.39, 0.29) is 5.41 Å². The molecule has 2 N–H and O–H groups in total. The van der Waals surface area contributed by atoms with Crippen LogP contribution in [-0.2, 0) is 5.41 Å². The molecule has 0 radical (unpaired) electrons. The van der Waals surface area contributed by atoms with Crippen LogP contribution >= 0.6 is 0 Å². The number of likely N-dealkylation sites (N-methyl/N-ethyl adjacent to an activating group) is 1. The fourth-order valence-electron chi connectivity index (χ4n) is 2.97. The zero-order valence-corrected chi connectivity index (χ0v) is 10.9. The first-order valence-electron chi connectivity index (χ1n) is 6.44. The molecular formula is C14H23N3. The second-order valence-electron chi connectivity index (χ2n) is 5.57. The van der Waals surface area contributed by atoms with Crippen LogP contribution in [-0.4, -0.2) is 36.6 Å². The summed E-state index contributed by atoms with van der Waals surface area (Å²) in [6.45, 7) is 1.07. The molecule has 0 aromatic carbocycles. The van der Waals surface area contributed by atoms with E-state index in [1.165, 1.54) is 5.69 Å². The van der Waals surface area contributed by atoms with Gasteiger partial charge in [0.15, 0.2) is 0 Å². The van der Waals surface area contributed by atoms with E-state index in [1.807, 2.05) is 12.3 Å². The Hall–Kier alpha value is -0.930. The fourth-order valence-corrected chi connectivity index (χ4v) is 2.97. The lowest BCUT2D eigenvalue weighted by atomic mass is 9.70. The summed E-state index contributed by atoms with van der Waals surface area (Å²) in [5.41, 5.74) is 7.48. The van der Waals surface area contributed by atoms with Crippen LogP contribution in [0.5, 0.6) is 0 Å². The summed E-state index contributed by atoms with van der Waals surface area (Å²) in [5, 5.41) is 0. The summed E-state index contributed by atoms with van der Waals surface area (Å²) in [6.07, 6.45) is 6.45. The highest BCUT2D eigenvalue weighted by Crippen LogP contribution is 2.38. The third-order valence-electron chi connectivity index (χ3n) is 3.81. The third kappa shape index (κ3) is 2.85. The number of aromatic nitrogens is 1. The van der Waals surface area contributed by atoms with Gasteiger partial charge in [0.2, 0.25) is 0 Å². The first-order valence-corrected chi connectivity index (χ1v) is 6.44. The van der Waals surface area contributed by atoms with Gasteiger partial charge in [-0.05, 0) is 51.9 Å². The monoisotopic (exact) mass is 233 g/mol. The second-order valence-corrected chi connectivity index (χ2v) is 5.57. The smallest absolute Gasteiger partial charge is 0.0478 e. The Kier molecular flexibility index (Phi) is 3.79. The van der Waals surface area contributed by atoms with Gasteiger partial charge in [0.05, 0.1) is 0 Å². The van der Waals surface area contributed by atoms with Gasteiger partial charge >= 0.3 is 0 Å². The van der Waals surface area contributed by atoms with Crippen molar-refractivity contribution < 1.29 is 0 Å². The van der Waals surface area contributed by atoms with E-state index >= 15 is 0 Å². The highest BCUT2D eigenvalue weighted by molar-refractivity contribution is 5.19. The maximum absolute atomic E-state index is 6.03. The molecule has 0 saturated heterocycles. The van der Waals surface area contributed by atoms with Crippen LogP contribution in [0, 0.1) is 0 Å². The predicted molar refractivity (Wildman–Crippen MR) is 70.9 cm³/mol. The highest BCUT2D eigenvalue weighted by Gasteiger charge is 2.37. The number of nitrogens with zero attached hydrogens (tertiary/aromatic N) is 2. The van der Waals surface area contributed by atoms with Gasteiger partial charge in [-0.15, -0.1) is 0 Å². The van der Waals surface area contributed by atoms with E-state index in [0.29, 0.717) is 6.04 Å². The van der Waals surface area contributed by atoms with Gasteiger partial charge in [0.1, 0.15) is 0 Å². The van der Waals surface area contributed by atoms with E-state index in [1.54, 1.807) is 0 Å². The molecule has 3 heteroatoms. The molecule has 94 valence electrons. The average molecular weight is 233 g/mol. The number of pyridine rings is 1. The van der Waals surface area contributed by atoms with Gasteiger partial charge < -0.3 is 10.6 Å². The molecular weight excluding hydrogens is 210 g/mol. The molecule has 1 aliphatic carbocycles. The molecule has 0 bridgehead atoms. The van der Waals surface area contributed by atoms with E-state index in [9.17, 15) is 0 Å². The van der Waals surface area contributed by atoms with E-state index in [0.717, 1.165) is 32.2 Å². The summed E-state index contributed by atoms with van der Waals surface area (Å²) >= 11 is 0. The molecule has 2 rings (SSSR count). The van der Waals surface area contributed by atoms with Crippen LogP contribution in [0.1, 0.15) is 31.4 Å². The number of rotatable bonds is 3. The molecule has 1 aromatic heterocycles. The topological polar surface area (TPSA) is 42.2 Å². The Bertz CT molecular complexity index is 340. The summed E-state index contributed by atoms with van der Waals surface area (Å²) in [7, 11) is 4.28. The minimum absolute atomic E-state index is 0.209. The van der Waals surface area contributed by atoms with Crippen LogP contribution < -0.4 is 5.73 Å². The van der Waals surface area contributed by atoms with Gasteiger partial charge in [-0.2, -0.15) is 0 Å². The lowest BCUT2D eigenvalue weighted by molar-refractivity contribution is 0.199. The van der Waals surface area contributed by atoms with E-state index < -0.39 is 0 Å². The Morgan fingerprint density at radius 2 is 2.06 bits per heavy atom. The van der Waals surface area contributed by atoms with E-state index in [2.05, 4.69) is 36.1 Å². The van der Waals surface area contributed by atoms with Crippen molar-refractivity contribution in [1.29, 1.82) is 0 Å². The van der Waals surface area contributed by atoms with E-state index in [4.69, 9.17) is 5.73 Å². The maximum Gasteiger partial charge on any atom is 0.0478 e. The summed E-state index contributed by atoms with van der Waals surface area (Å²) < 4.78 is 0. The molecule has 1 aromatic rings. The van der Waals surface area contributed by atoms with Gasteiger partial charge in [-0.1, -0.05) is 6.07 Å². The fraction of sp³-hybridized carbons (Fsp3) is 0.643. The van der Waals surface area contributed by atoms with Crippen LogP contribution in [0.2, 0.25) is 0 Å². The molecule has 0 spiro atoms. The van der Waals surface area contributed by atoms with Crippen LogP contribution in [0.4, 0.5) is 0 Å². The third-order valence-corrected chi connectivity index (χ3v) is 3.81. The summed E-state index contributed by atoms with van der Waals surface area (Å²) in [5.74, 6) is 0. The Balaban J connectivity index is 2.24. The predicted octanol–water partition coefficient (Wildman–Crippen LogP) is 1.78. The molecule has 1 fully saturated rings. The van der Waals surface area contributed by atoms with Crippen molar-refractivity contribution in [3.63, 3.8) is 0 Å². The first-order chi connectivity index (χ1) is 8.12. The molecule has 3 nitrogen and oxygen atoms in total. The van der Waals surface area contributed by atoms with Crippen molar-refractivity contribution in [2.45, 2.75) is 37.1 Å². The molecule has 0 amide bonds. The largest absolute Gasteiger partial charge is 0.328 e. The molecule has 0 unspecified atom stereocenters. The van der Waals surface area contributed by atoms with Crippen molar-refractivity contribution in [2.24, 2.45) is 5.73 Å². The van der Waals surface area contributed by atoms with Gasteiger partial charge in [-0.3, -0.25) is 4.98 Å². The highest BCUT2D eigenvalue weighted by atomic mass is 15.1. The normalized spacial score (nSPS) is 29.5. The van der Waals surface area contributed by atoms with Crippen molar-refractivity contribution in [3.8, 4) is 0 Å². The zero-order chi connectivity index (χ0) is 12.3. The van der Waals surface area contributed by atoms with Crippen LogP contribution in [0.25, 0.3) is 0 Å². The lowest BCUT2D eigenvalue weighted by Crippen LogP contribution is -2.44. The number of nitrogens with two attached hydrogens (primary N) is 1. The molecule has 1 aliphatic rings. The molecule has 0 atom stereocenters.